The number of para-hydroxylation sites is 1. The van der Waals surface area contributed by atoms with E-state index in [-0.39, 0.29) is 35.7 Å². The molecular formula is C17H16O4. The van der Waals surface area contributed by atoms with E-state index in [9.17, 15) is 14.7 Å². The molecule has 4 heteroatoms. The zero-order valence-corrected chi connectivity index (χ0v) is 11.7. The maximum atomic E-state index is 12.0. The van der Waals surface area contributed by atoms with Gasteiger partial charge in [-0.2, -0.15) is 0 Å². The number of hydrogen-bond acceptors (Lipinski definition) is 4. The summed E-state index contributed by atoms with van der Waals surface area (Å²) in [5.74, 6) is -1.19. The molecule has 0 fully saturated rings. The van der Waals surface area contributed by atoms with Gasteiger partial charge < -0.3 is 9.84 Å². The van der Waals surface area contributed by atoms with Gasteiger partial charge in [-0.25, -0.2) is 4.79 Å². The summed E-state index contributed by atoms with van der Waals surface area (Å²) in [6.45, 7) is 1.81. The van der Waals surface area contributed by atoms with Crippen LogP contribution in [-0.4, -0.2) is 16.9 Å². The average Bonchev–Trinajstić information content (AvgIpc) is 2.53. The average molecular weight is 284 g/mol. The minimum absolute atomic E-state index is 0.00484. The van der Waals surface area contributed by atoms with Crippen molar-refractivity contribution in [3.05, 3.63) is 65.2 Å². The fraction of sp³-hybridized carbons (Fsp3) is 0.176. The zero-order chi connectivity index (χ0) is 15.2. The van der Waals surface area contributed by atoms with Crippen LogP contribution in [0.15, 0.2) is 48.5 Å². The van der Waals surface area contributed by atoms with Crippen molar-refractivity contribution in [2.24, 2.45) is 0 Å². The Morgan fingerprint density at radius 2 is 1.67 bits per heavy atom. The lowest BCUT2D eigenvalue weighted by Gasteiger charge is -2.09. The normalized spacial score (nSPS) is 10.1. The highest BCUT2D eigenvalue weighted by Crippen LogP contribution is 2.24. The molecule has 2 aromatic carbocycles. The minimum Gasteiger partial charge on any atom is -0.506 e. The number of ketones is 1. The molecule has 1 N–H and O–H groups in total. The quantitative estimate of drug-likeness (QED) is 0.675. The summed E-state index contributed by atoms with van der Waals surface area (Å²) in [7, 11) is 0. The Morgan fingerprint density at radius 1 is 1.00 bits per heavy atom. The number of phenols is 1. The fourth-order valence-electron chi connectivity index (χ4n) is 1.92. The molecule has 4 nitrogen and oxygen atoms in total. The van der Waals surface area contributed by atoms with Gasteiger partial charge in [0.1, 0.15) is 17.9 Å². The largest absolute Gasteiger partial charge is 0.506 e. The predicted octanol–water partition coefficient (Wildman–Crippen LogP) is 3.34. The van der Waals surface area contributed by atoms with Crippen molar-refractivity contribution in [1.82, 2.24) is 0 Å². The van der Waals surface area contributed by atoms with Crippen molar-refractivity contribution >= 4 is 11.8 Å². The van der Waals surface area contributed by atoms with E-state index in [1.54, 1.807) is 13.0 Å². The highest BCUT2D eigenvalue weighted by molar-refractivity contribution is 6.03. The lowest BCUT2D eigenvalue weighted by Crippen LogP contribution is -2.08. The van der Waals surface area contributed by atoms with E-state index < -0.39 is 5.97 Å². The second-order valence-electron chi connectivity index (χ2n) is 4.54. The maximum absolute atomic E-state index is 12.0. The van der Waals surface area contributed by atoms with E-state index in [1.165, 1.54) is 12.1 Å². The highest BCUT2D eigenvalue weighted by atomic mass is 16.5. The summed E-state index contributed by atoms with van der Waals surface area (Å²) in [6.07, 6.45) is 0.260. The van der Waals surface area contributed by atoms with Gasteiger partial charge >= 0.3 is 5.97 Å². The molecule has 0 aliphatic carbocycles. The summed E-state index contributed by atoms with van der Waals surface area (Å²) < 4.78 is 5.15. The monoisotopic (exact) mass is 284 g/mol. The Balaban J connectivity index is 2.14. The minimum atomic E-state index is -0.651. The van der Waals surface area contributed by atoms with Gasteiger partial charge in [-0.3, -0.25) is 4.79 Å². The number of aromatic hydroxyl groups is 1. The van der Waals surface area contributed by atoms with E-state index in [0.29, 0.717) is 0 Å². The fourth-order valence-corrected chi connectivity index (χ4v) is 1.92. The van der Waals surface area contributed by atoms with Gasteiger partial charge in [0.2, 0.25) is 0 Å². The molecule has 2 aromatic rings. The molecule has 0 aliphatic rings. The van der Waals surface area contributed by atoms with Gasteiger partial charge in [-0.15, -0.1) is 0 Å². The van der Waals surface area contributed by atoms with Crippen LogP contribution in [0.2, 0.25) is 0 Å². The van der Waals surface area contributed by atoms with Crippen LogP contribution in [0.1, 0.15) is 39.6 Å². The smallest absolute Gasteiger partial charge is 0.342 e. The van der Waals surface area contributed by atoms with E-state index >= 15 is 0 Å². The molecule has 0 unspecified atom stereocenters. The molecule has 0 bridgehead atoms. The Labute approximate surface area is 123 Å². The highest BCUT2D eigenvalue weighted by Gasteiger charge is 2.18. The van der Waals surface area contributed by atoms with E-state index in [2.05, 4.69) is 0 Å². The molecule has 0 heterocycles. The van der Waals surface area contributed by atoms with E-state index in [0.717, 1.165) is 5.56 Å². The third-order valence-electron chi connectivity index (χ3n) is 3.09. The van der Waals surface area contributed by atoms with Crippen LogP contribution in [0.5, 0.6) is 5.75 Å². The summed E-state index contributed by atoms with van der Waals surface area (Å²) in [4.78, 5) is 23.7. The summed E-state index contributed by atoms with van der Waals surface area (Å²) in [5, 5.41) is 10.0. The van der Waals surface area contributed by atoms with Gasteiger partial charge in [-0.1, -0.05) is 43.3 Å². The molecule has 2 rings (SSSR count). The molecule has 0 saturated carbocycles. The first kappa shape index (κ1) is 14.8. The van der Waals surface area contributed by atoms with Crippen molar-refractivity contribution in [2.45, 2.75) is 20.0 Å². The van der Waals surface area contributed by atoms with Crippen LogP contribution in [0.25, 0.3) is 0 Å². The molecule has 0 radical (unpaired) electrons. The van der Waals surface area contributed by atoms with Gasteiger partial charge in [0, 0.05) is 6.42 Å². The molecule has 0 aliphatic heterocycles. The van der Waals surface area contributed by atoms with Gasteiger partial charge in [0.05, 0.1) is 5.56 Å². The number of esters is 1. The molecule has 0 aromatic heterocycles. The molecule has 0 spiro atoms. The molecule has 0 amide bonds. The van der Waals surface area contributed by atoms with Crippen LogP contribution in [0.4, 0.5) is 0 Å². The van der Waals surface area contributed by atoms with Crippen LogP contribution >= 0.6 is 0 Å². The second kappa shape index (κ2) is 6.70. The lowest BCUT2D eigenvalue weighted by molar-refractivity contribution is 0.0469. The lowest BCUT2D eigenvalue weighted by atomic mass is 10.0. The number of carbonyl (C=O) groups is 2. The standard InChI is InChI=1S/C17H16O4/c1-2-15(18)13-9-6-10-14(16(13)19)17(20)21-11-12-7-4-3-5-8-12/h3-10,19H,2,11H2,1H3. The number of ether oxygens (including phenoxy) is 1. The molecule has 21 heavy (non-hydrogen) atoms. The molecular weight excluding hydrogens is 268 g/mol. The van der Waals surface area contributed by atoms with Crippen LogP contribution in [0.3, 0.4) is 0 Å². The first-order chi connectivity index (χ1) is 10.1. The number of benzene rings is 2. The third-order valence-corrected chi connectivity index (χ3v) is 3.09. The second-order valence-corrected chi connectivity index (χ2v) is 4.54. The Kier molecular flexibility index (Phi) is 4.72. The maximum Gasteiger partial charge on any atom is 0.342 e. The molecule has 0 saturated heterocycles. The Hall–Kier alpha value is -2.62. The summed E-state index contributed by atoms with van der Waals surface area (Å²) >= 11 is 0. The zero-order valence-electron chi connectivity index (χ0n) is 11.7. The summed E-state index contributed by atoms with van der Waals surface area (Å²) in [6, 6.07) is 13.7. The Bertz CT molecular complexity index is 647. The molecule has 0 atom stereocenters. The number of Topliss-reactive ketones (excluding diaryl/α,β-unsaturated/α-hetero) is 1. The first-order valence-corrected chi connectivity index (χ1v) is 6.69. The van der Waals surface area contributed by atoms with Gasteiger partial charge in [-0.05, 0) is 17.7 Å². The SMILES string of the molecule is CCC(=O)c1cccc(C(=O)OCc2ccccc2)c1O. The number of phenolic OH excluding ortho intramolecular Hbond substituents is 1. The number of carbonyl (C=O) groups excluding carboxylic acids is 2. The van der Waals surface area contributed by atoms with Crippen LogP contribution < -0.4 is 0 Å². The number of rotatable bonds is 5. The first-order valence-electron chi connectivity index (χ1n) is 6.69. The van der Waals surface area contributed by atoms with Crippen molar-refractivity contribution < 1.29 is 19.4 Å². The van der Waals surface area contributed by atoms with Gasteiger partial charge in [0.15, 0.2) is 5.78 Å². The van der Waals surface area contributed by atoms with Crippen LogP contribution in [0, 0.1) is 0 Å². The Morgan fingerprint density at radius 3 is 2.33 bits per heavy atom. The van der Waals surface area contributed by atoms with Crippen molar-refractivity contribution in [1.29, 1.82) is 0 Å². The predicted molar refractivity (Wildman–Crippen MR) is 78.3 cm³/mol. The summed E-state index contributed by atoms with van der Waals surface area (Å²) in [5.41, 5.74) is 1.00. The topological polar surface area (TPSA) is 63.6 Å². The van der Waals surface area contributed by atoms with Crippen LogP contribution in [-0.2, 0) is 11.3 Å². The van der Waals surface area contributed by atoms with Crippen molar-refractivity contribution in [2.75, 3.05) is 0 Å². The number of hydrogen-bond donors (Lipinski definition) is 1. The van der Waals surface area contributed by atoms with E-state index in [4.69, 9.17) is 4.74 Å². The van der Waals surface area contributed by atoms with Gasteiger partial charge in [0.25, 0.3) is 0 Å². The third kappa shape index (κ3) is 3.48. The van der Waals surface area contributed by atoms with Crippen molar-refractivity contribution in [3.63, 3.8) is 0 Å². The van der Waals surface area contributed by atoms with Crippen molar-refractivity contribution in [3.8, 4) is 5.75 Å². The molecule has 108 valence electrons. The van der Waals surface area contributed by atoms with E-state index in [1.807, 2.05) is 30.3 Å².